The SMILES string of the molecule is COc1ccc(CNc2cnc([C@H](C)N)cn2)cn1. The van der Waals surface area contributed by atoms with E-state index in [1.54, 1.807) is 25.7 Å². The highest BCUT2D eigenvalue weighted by Gasteiger charge is 2.02. The fourth-order valence-corrected chi connectivity index (χ4v) is 1.49. The second kappa shape index (κ2) is 6.10. The first kappa shape index (κ1) is 13.2. The Morgan fingerprint density at radius 2 is 2.05 bits per heavy atom. The van der Waals surface area contributed by atoms with Crippen molar-refractivity contribution >= 4 is 5.82 Å². The first-order valence-corrected chi connectivity index (χ1v) is 5.99. The van der Waals surface area contributed by atoms with Crippen molar-refractivity contribution in [2.75, 3.05) is 12.4 Å². The Morgan fingerprint density at radius 1 is 1.21 bits per heavy atom. The van der Waals surface area contributed by atoms with E-state index in [0.29, 0.717) is 18.2 Å². The summed E-state index contributed by atoms with van der Waals surface area (Å²) in [6, 6.07) is 3.66. The number of nitrogens with two attached hydrogens (primary N) is 1. The Bertz CT molecular complexity index is 510. The van der Waals surface area contributed by atoms with Gasteiger partial charge >= 0.3 is 0 Å². The Kier molecular flexibility index (Phi) is 4.25. The molecule has 6 nitrogen and oxygen atoms in total. The van der Waals surface area contributed by atoms with Crippen LogP contribution in [0.3, 0.4) is 0 Å². The van der Waals surface area contributed by atoms with Crippen LogP contribution in [-0.4, -0.2) is 22.1 Å². The molecule has 1 atom stereocenters. The first-order valence-electron chi connectivity index (χ1n) is 5.99. The largest absolute Gasteiger partial charge is 0.481 e. The molecule has 0 aromatic carbocycles. The number of nitrogens with zero attached hydrogens (tertiary/aromatic N) is 3. The minimum Gasteiger partial charge on any atom is -0.481 e. The summed E-state index contributed by atoms with van der Waals surface area (Å²) in [5.74, 6) is 1.31. The van der Waals surface area contributed by atoms with Crippen molar-refractivity contribution in [2.24, 2.45) is 5.73 Å². The van der Waals surface area contributed by atoms with Crippen LogP contribution >= 0.6 is 0 Å². The van der Waals surface area contributed by atoms with E-state index in [1.807, 2.05) is 19.1 Å². The summed E-state index contributed by atoms with van der Waals surface area (Å²) in [7, 11) is 1.59. The van der Waals surface area contributed by atoms with E-state index >= 15 is 0 Å². The summed E-state index contributed by atoms with van der Waals surface area (Å²) in [6.45, 7) is 2.50. The minimum atomic E-state index is -0.104. The maximum absolute atomic E-state index is 5.71. The summed E-state index contributed by atoms with van der Waals surface area (Å²) in [4.78, 5) is 12.6. The molecule has 2 aromatic heterocycles. The molecule has 0 saturated carbocycles. The van der Waals surface area contributed by atoms with Crippen LogP contribution in [0.15, 0.2) is 30.7 Å². The summed E-state index contributed by atoms with van der Waals surface area (Å²) in [5.41, 5.74) is 7.53. The topological polar surface area (TPSA) is 86.0 Å². The smallest absolute Gasteiger partial charge is 0.212 e. The molecular formula is C13H17N5O. The molecule has 0 aliphatic carbocycles. The van der Waals surface area contributed by atoms with E-state index in [1.165, 1.54) is 0 Å². The zero-order valence-electron chi connectivity index (χ0n) is 11.0. The third-order valence-electron chi connectivity index (χ3n) is 2.62. The third-order valence-corrected chi connectivity index (χ3v) is 2.62. The number of pyridine rings is 1. The van der Waals surface area contributed by atoms with Gasteiger partial charge in [0.05, 0.1) is 25.2 Å². The van der Waals surface area contributed by atoms with E-state index in [4.69, 9.17) is 10.5 Å². The van der Waals surface area contributed by atoms with Crippen LogP contribution in [0.5, 0.6) is 5.88 Å². The van der Waals surface area contributed by atoms with Crippen LogP contribution in [0.1, 0.15) is 24.2 Å². The Balaban J connectivity index is 1.94. The van der Waals surface area contributed by atoms with Crippen molar-refractivity contribution in [3.8, 4) is 5.88 Å². The van der Waals surface area contributed by atoms with Crippen LogP contribution in [-0.2, 0) is 6.54 Å². The zero-order chi connectivity index (χ0) is 13.7. The molecule has 2 aromatic rings. The highest BCUT2D eigenvalue weighted by Crippen LogP contribution is 2.10. The molecule has 0 aliphatic rings. The maximum Gasteiger partial charge on any atom is 0.212 e. The van der Waals surface area contributed by atoms with Gasteiger partial charge in [0.15, 0.2) is 0 Å². The number of hydrogen-bond donors (Lipinski definition) is 2. The van der Waals surface area contributed by atoms with Crippen LogP contribution in [0.2, 0.25) is 0 Å². The normalized spacial score (nSPS) is 11.9. The van der Waals surface area contributed by atoms with Gasteiger partial charge in [0.1, 0.15) is 5.82 Å². The number of nitrogens with one attached hydrogen (secondary N) is 1. The van der Waals surface area contributed by atoms with Gasteiger partial charge in [-0.15, -0.1) is 0 Å². The quantitative estimate of drug-likeness (QED) is 0.846. The van der Waals surface area contributed by atoms with Gasteiger partial charge in [-0.05, 0) is 12.5 Å². The van der Waals surface area contributed by atoms with Gasteiger partial charge in [-0.2, -0.15) is 0 Å². The Labute approximate surface area is 112 Å². The highest BCUT2D eigenvalue weighted by atomic mass is 16.5. The standard InChI is InChI=1S/C13H17N5O/c1-9(14)11-7-17-12(8-15-11)16-5-10-3-4-13(19-2)18-6-10/h3-4,6-9H,5,14H2,1-2H3,(H,16,17)/t9-/m0/s1. The molecular weight excluding hydrogens is 242 g/mol. The number of hydrogen-bond acceptors (Lipinski definition) is 6. The number of rotatable bonds is 5. The summed E-state index contributed by atoms with van der Waals surface area (Å²) >= 11 is 0. The van der Waals surface area contributed by atoms with Crippen molar-refractivity contribution in [3.05, 3.63) is 42.0 Å². The fourth-order valence-electron chi connectivity index (χ4n) is 1.49. The summed E-state index contributed by atoms with van der Waals surface area (Å²) in [6.07, 6.45) is 5.12. The van der Waals surface area contributed by atoms with E-state index < -0.39 is 0 Å². The van der Waals surface area contributed by atoms with Gasteiger partial charge in [-0.1, -0.05) is 6.07 Å². The fraction of sp³-hybridized carbons (Fsp3) is 0.308. The van der Waals surface area contributed by atoms with Crippen molar-refractivity contribution in [3.63, 3.8) is 0 Å². The molecule has 0 aliphatic heterocycles. The molecule has 0 saturated heterocycles. The average molecular weight is 259 g/mol. The molecule has 0 bridgehead atoms. The second-order valence-corrected chi connectivity index (χ2v) is 4.18. The zero-order valence-corrected chi connectivity index (χ0v) is 11.0. The Hall–Kier alpha value is -2.21. The predicted molar refractivity (Wildman–Crippen MR) is 72.8 cm³/mol. The van der Waals surface area contributed by atoms with Gasteiger partial charge in [0, 0.05) is 24.8 Å². The van der Waals surface area contributed by atoms with Crippen LogP contribution in [0.25, 0.3) is 0 Å². The van der Waals surface area contributed by atoms with Crippen molar-refractivity contribution in [1.29, 1.82) is 0 Å². The Morgan fingerprint density at radius 3 is 2.58 bits per heavy atom. The van der Waals surface area contributed by atoms with Crippen molar-refractivity contribution < 1.29 is 4.74 Å². The molecule has 0 spiro atoms. The molecule has 6 heteroatoms. The molecule has 0 fully saturated rings. The molecule has 2 heterocycles. The van der Waals surface area contributed by atoms with Crippen LogP contribution < -0.4 is 15.8 Å². The molecule has 0 radical (unpaired) electrons. The highest BCUT2D eigenvalue weighted by molar-refractivity contribution is 5.33. The van der Waals surface area contributed by atoms with Crippen LogP contribution in [0, 0.1) is 0 Å². The lowest BCUT2D eigenvalue weighted by molar-refractivity contribution is 0.397. The monoisotopic (exact) mass is 259 g/mol. The van der Waals surface area contributed by atoms with E-state index in [0.717, 1.165) is 11.3 Å². The number of ether oxygens (including phenoxy) is 1. The van der Waals surface area contributed by atoms with Crippen molar-refractivity contribution in [2.45, 2.75) is 19.5 Å². The second-order valence-electron chi connectivity index (χ2n) is 4.18. The number of anilines is 1. The molecule has 0 amide bonds. The molecule has 2 rings (SSSR count). The number of methoxy groups -OCH3 is 1. The molecule has 3 N–H and O–H groups in total. The molecule has 0 unspecified atom stereocenters. The lowest BCUT2D eigenvalue weighted by atomic mass is 10.2. The van der Waals surface area contributed by atoms with E-state index in [-0.39, 0.29) is 6.04 Å². The van der Waals surface area contributed by atoms with Gasteiger partial charge in [-0.3, -0.25) is 4.98 Å². The summed E-state index contributed by atoms with van der Waals surface area (Å²) < 4.78 is 5.00. The van der Waals surface area contributed by atoms with Gasteiger partial charge in [-0.25, -0.2) is 9.97 Å². The van der Waals surface area contributed by atoms with Gasteiger partial charge in [0.2, 0.25) is 5.88 Å². The number of aromatic nitrogens is 3. The molecule has 19 heavy (non-hydrogen) atoms. The minimum absolute atomic E-state index is 0.104. The lowest BCUT2D eigenvalue weighted by Gasteiger charge is -2.07. The average Bonchev–Trinajstić information content (AvgIpc) is 2.46. The molecule has 100 valence electrons. The van der Waals surface area contributed by atoms with E-state index in [9.17, 15) is 0 Å². The van der Waals surface area contributed by atoms with Crippen molar-refractivity contribution in [1.82, 2.24) is 15.0 Å². The predicted octanol–water partition coefficient (Wildman–Crippen LogP) is 1.51. The first-order chi connectivity index (χ1) is 9.19. The van der Waals surface area contributed by atoms with Crippen LogP contribution in [0.4, 0.5) is 5.82 Å². The van der Waals surface area contributed by atoms with Gasteiger partial charge in [0.25, 0.3) is 0 Å². The maximum atomic E-state index is 5.71. The summed E-state index contributed by atoms with van der Waals surface area (Å²) in [5, 5.41) is 3.17. The van der Waals surface area contributed by atoms with E-state index in [2.05, 4.69) is 20.3 Å². The third kappa shape index (κ3) is 3.62. The van der Waals surface area contributed by atoms with Gasteiger partial charge < -0.3 is 15.8 Å². The lowest BCUT2D eigenvalue weighted by Crippen LogP contribution is -2.09.